The fraction of sp³-hybridized carbons (Fsp3) is 0.632. The fourth-order valence-corrected chi connectivity index (χ4v) is 8.73. The van der Waals surface area contributed by atoms with Crippen LogP contribution in [-0.4, -0.2) is 107 Å². The zero-order chi connectivity index (χ0) is 36.3. The summed E-state index contributed by atoms with van der Waals surface area (Å²) in [5, 5.41) is 12.3. The molecule has 1 unspecified atom stereocenters. The van der Waals surface area contributed by atoms with Gasteiger partial charge < -0.3 is 34.4 Å². The summed E-state index contributed by atoms with van der Waals surface area (Å²) in [6, 6.07) is 7.49. The summed E-state index contributed by atoms with van der Waals surface area (Å²) < 4.78 is 18.5. The van der Waals surface area contributed by atoms with Gasteiger partial charge in [-0.25, -0.2) is 0 Å². The molecule has 12 heteroatoms. The molecule has 2 N–H and O–H groups in total. The Bertz CT molecular complexity index is 1330. The number of benzene rings is 1. The number of rotatable bonds is 22. The molecule has 11 nitrogen and oxygen atoms in total. The third-order valence-electron chi connectivity index (χ3n) is 10.0. The van der Waals surface area contributed by atoms with Gasteiger partial charge in [0.2, 0.25) is 17.7 Å². The van der Waals surface area contributed by atoms with E-state index in [1.165, 1.54) is 7.11 Å². The number of fused-ring (bicyclic) bond motifs is 1. The molecular formula is C38H54BrN3O8. The molecule has 3 amide bonds. The highest BCUT2D eigenvalue weighted by atomic mass is 79.9. The number of carbonyl (C=O) groups excluding carboxylic acids is 4. The van der Waals surface area contributed by atoms with Crippen molar-refractivity contribution < 1.29 is 38.5 Å². The van der Waals surface area contributed by atoms with Crippen molar-refractivity contribution in [1.29, 1.82) is 0 Å². The van der Waals surface area contributed by atoms with Gasteiger partial charge in [0.25, 0.3) is 0 Å². The average molecular weight is 761 g/mol. The Morgan fingerprint density at radius 1 is 1.16 bits per heavy atom. The fourth-order valence-electron chi connectivity index (χ4n) is 7.79. The number of ether oxygens (including phenoxy) is 3. The molecule has 0 saturated carbocycles. The highest BCUT2D eigenvalue weighted by Crippen LogP contribution is 2.60. The largest absolute Gasteiger partial charge is 0.455 e. The summed E-state index contributed by atoms with van der Waals surface area (Å²) in [6.07, 6.45) is 7.44. The maximum absolute atomic E-state index is 14.6. The second-order valence-corrected chi connectivity index (χ2v) is 14.7. The lowest BCUT2D eigenvalue weighted by molar-refractivity contribution is -0.163. The van der Waals surface area contributed by atoms with Crippen LogP contribution in [0.3, 0.4) is 0 Å². The number of amides is 3. The smallest absolute Gasteiger partial charge is 0.313 e. The molecule has 3 fully saturated rings. The van der Waals surface area contributed by atoms with Gasteiger partial charge in [0.1, 0.15) is 17.7 Å². The Morgan fingerprint density at radius 3 is 2.58 bits per heavy atom. The van der Waals surface area contributed by atoms with Crippen LogP contribution in [0.1, 0.15) is 76.4 Å². The lowest BCUT2D eigenvalue weighted by Gasteiger charge is -2.37. The molecule has 0 radical (unpaired) electrons. The van der Waals surface area contributed by atoms with E-state index in [4.69, 9.17) is 14.2 Å². The van der Waals surface area contributed by atoms with E-state index < -0.39 is 47.7 Å². The second-order valence-electron chi connectivity index (χ2n) is 13.5. The first-order chi connectivity index (χ1) is 24.2. The predicted molar refractivity (Wildman–Crippen MR) is 193 cm³/mol. The third kappa shape index (κ3) is 8.69. The van der Waals surface area contributed by atoms with E-state index in [9.17, 15) is 24.3 Å². The monoisotopic (exact) mass is 759 g/mol. The highest BCUT2D eigenvalue weighted by molar-refractivity contribution is 9.09. The standard InChI is InChI=1S/C38H54BrN3O8/c1-5-8-14-21-41(20-7-3)36(46)34-38-24-27(39)33(50-38)30(31(38)35(45)42(34)22-15-11-16-23-43)37(47)49-32(26-17-12-10-13-18-26)28(25-48-4)40-29(44)19-9-6-2/h6-7,10,12-13,17-18,27-28,30-34,43H,2-3,5,8-9,11,14-16,19-25H2,1,4H3,(H,40,44)/t27?,28-,30-,31+,32-,33-,34-,38+/m1/s1. The molecular weight excluding hydrogens is 706 g/mol. The molecule has 4 rings (SSSR count). The Hall–Kier alpha value is -3.06. The maximum atomic E-state index is 14.6. The van der Waals surface area contributed by atoms with Gasteiger partial charge >= 0.3 is 5.97 Å². The minimum atomic E-state index is -1.23. The molecule has 0 aromatic heterocycles. The van der Waals surface area contributed by atoms with Crippen LogP contribution in [0.15, 0.2) is 55.6 Å². The maximum Gasteiger partial charge on any atom is 0.313 e. The summed E-state index contributed by atoms with van der Waals surface area (Å²) in [6.45, 7) is 10.9. The lowest BCUT2D eigenvalue weighted by Crippen LogP contribution is -2.57. The number of halogens is 1. The van der Waals surface area contributed by atoms with Crippen LogP contribution in [0.25, 0.3) is 0 Å². The van der Waals surface area contributed by atoms with Gasteiger partial charge in [0, 0.05) is 44.6 Å². The van der Waals surface area contributed by atoms with Crippen molar-refractivity contribution in [2.45, 2.75) is 99.4 Å². The van der Waals surface area contributed by atoms with E-state index >= 15 is 0 Å². The number of unbranched alkanes of at least 4 members (excludes halogenated alkanes) is 4. The molecule has 1 spiro atoms. The summed E-state index contributed by atoms with van der Waals surface area (Å²) in [5.74, 6) is -3.30. The number of hydrogen-bond donors (Lipinski definition) is 2. The zero-order valence-electron chi connectivity index (χ0n) is 29.5. The Kier molecular flexibility index (Phi) is 15.1. The lowest BCUT2D eigenvalue weighted by atomic mass is 9.70. The molecule has 50 heavy (non-hydrogen) atoms. The highest BCUT2D eigenvalue weighted by Gasteiger charge is 2.77. The van der Waals surface area contributed by atoms with Crippen molar-refractivity contribution in [2.24, 2.45) is 11.8 Å². The van der Waals surface area contributed by atoms with E-state index in [0.29, 0.717) is 57.3 Å². The summed E-state index contributed by atoms with van der Waals surface area (Å²) in [5.41, 5.74) is -0.574. The predicted octanol–water partition coefficient (Wildman–Crippen LogP) is 4.48. The van der Waals surface area contributed by atoms with Crippen molar-refractivity contribution >= 4 is 39.6 Å². The van der Waals surface area contributed by atoms with Crippen LogP contribution >= 0.6 is 15.9 Å². The van der Waals surface area contributed by atoms with Crippen molar-refractivity contribution in [3.8, 4) is 0 Å². The molecule has 1 aromatic rings. The van der Waals surface area contributed by atoms with Crippen molar-refractivity contribution in [3.05, 3.63) is 61.2 Å². The van der Waals surface area contributed by atoms with Gasteiger partial charge in [-0.2, -0.15) is 0 Å². The quantitative estimate of drug-likeness (QED) is 0.0766. The number of hydrogen-bond acceptors (Lipinski definition) is 8. The van der Waals surface area contributed by atoms with Gasteiger partial charge in [-0.15, -0.1) is 13.2 Å². The van der Waals surface area contributed by atoms with E-state index in [0.717, 1.165) is 19.3 Å². The van der Waals surface area contributed by atoms with Gasteiger partial charge in [0.05, 0.1) is 30.6 Å². The molecule has 3 saturated heterocycles. The topological polar surface area (TPSA) is 135 Å². The summed E-state index contributed by atoms with van der Waals surface area (Å²) in [7, 11) is 1.51. The molecule has 8 atom stereocenters. The molecule has 276 valence electrons. The van der Waals surface area contributed by atoms with Crippen LogP contribution < -0.4 is 5.32 Å². The van der Waals surface area contributed by atoms with Crippen LogP contribution in [-0.2, 0) is 33.4 Å². The SMILES string of the molecule is C=CCCC(=O)N[C@H](COC)[C@H](OC(=O)[C@H]1[C@@H]2O[C@@]3(CC2Br)[C@@H]1C(=O)N(CCCCCO)[C@@H]3C(=O)N(CC=C)CCCCC)c1ccccc1. The number of aliphatic hydroxyl groups excluding tert-OH is 1. The van der Waals surface area contributed by atoms with Crippen LogP contribution in [0.5, 0.6) is 0 Å². The van der Waals surface area contributed by atoms with Gasteiger partial charge in [-0.05, 0) is 44.1 Å². The average Bonchev–Trinajstić information content (AvgIpc) is 3.70. The number of nitrogens with zero attached hydrogens (tertiary/aromatic N) is 2. The minimum absolute atomic E-state index is 0.0404. The van der Waals surface area contributed by atoms with Crippen molar-refractivity contribution in [3.63, 3.8) is 0 Å². The first-order valence-electron chi connectivity index (χ1n) is 18.0. The minimum Gasteiger partial charge on any atom is -0.455 e. The van der Waals surface area contributed by atoms with Crippen molar-refractivity contribution in [2.75, 3.05) is 40.0 Å². The molecule has 3 aliphatic heterocycles. The number of methoxy groups -OCH3 is 1. The zero-order valence-corrected chi connectivity index (χ0v) is 31.1. The Labute approximate surface area is 304 Å². The second kappa shape index (κ2) is 19.0. The number of allylic oxidation sites excluding steroid dienone is 1. The molecule has 2 bridgehead atoms. The van der Waals surface area contributed by atoms with Gasteiger partial charge in [-0.3, -0.25) is 19.2 Å². The summed E-state index contributed by atoms with van der Waals surface area (Å²) in [4.78, 5) is 59.5. The van der Waals surface area contributed by atoms with Crippen LogP contribution in [0.2, 0.25) is 0 Å². The normalized spacial score (nSPS) is 26.3. The number of nitrogens with one attached hydrogen (secondary N) is 1. The van der Waals surface area contributed by atoms with E-state index in [1.54, 1.807) is 22.0 Å². The van der Waals surface area contributed by atoms with E-state index in [2.05, 4.69) is 41.3 Å². The number of likely N-dealkylation sites (tertiary alicyclic amines) is 1. The van der Waals surface area contributed by atoms with E-state index in [-0.39, 0.29) is 42.2 Å². The molecule has 3 aliphatic rings. The van der Waals surface area contributed by atoms with Gasteiger partial charge in [-0.1, -0.05) is 78.2 Å². The molecule has 0 aliphatic carbocycles. The summed E-state index contributed by atoms with van der Waals surface area (Å²) >= 11 is 3.75. The number of aliphatic hydroxyl groups is 1. The molecule has 3 heterocycles. The number of esters is 1. The Balaban J connectivity index is 1.69. The Morgan fingerprint density at radius 2 is 1.92 bits per heavy atom. The van der Waals surface area contributed by atoms with E-state index in [1.807, 2.05) is 30.3 Å². The van der Waals surface area contributed by atoms with Gasteiger partial charge in [0.15, 0.2) is 0 Å². The third-order valence-corrected chi connectivity index (χ3v) is 10.9. The first kappa shape index (κ1) is 39.7. The first-order valence-corrected chi connectivity index (χ1v) is 18.9. The van der Waals surface area contributed by atoms with Crippen LogP contribution in [0, 0.1) is 11.8 Å². The number of carbonyl (C=O) groups is 4. The molecule has 1 aromatic carbocycles. The number of alkyl halides is 1. The van der Waals surface area contributed by atoms with Crippen molar-refractivity contribution in [1.82, 2.24) is 15.1 Å². The van der Waals surface area contributed by atoms with Crippen LogP contribution in [0.4, 0.5) is 0 Å².